The van der Waals surface area contributed by atoms with Gasteiger partial charge in [-0.2, -0.15) is 0 Å². The van der Waals surface area contributed by atoms with Crippen LogP contribution in [0.2, 0.25) is 0 Å². The number of hydrogen-bond acceptors (Lipinski definition) is 5. The third-order valence-electron chi connectivity index (χ3n) is 12.9. The number of para-hydroxylation sites is 1. The highest BCUT2D eigenvalue weighted by Crippen LogP contribution is 2.37. The first-order chi connectivity index (χ1) is 26.4. The molecule has 0 spiro atoms. The number of ketones is 1. The lowest BCUT2D eigenvalue weighted by atomic mass is 9.82. The van der Waals surface area contributed by atoms with E-state index in [0.29, 0.717) is 38.3 Å². The number of nitrogens with zero attached hydrogens (tertiary/aromatic N) is 4. The zero-order valence-electron chi connectivity index (χ0n) is 33.8. The Morgan fingerprint density at radius 3 is 2.38 bits per heavy atom. The van der Waals surface area contributed by atoms with Crippen LogP contribution in [0.15, 0.2) is 48.7 Å². The molecule has 1 aliphatic carbocycles. The van der Waals surface area contributed by atoms with Gasteiger partial charge in [-0.15, -0.1) is 0 Å². The first-order valence-electron chi connectivity index (χ1n) is 21.6. The molecule has 2 aromatic carbocycles. The van der Waals surface area contributed by atoms with E-state index in [4.69, 9.17) is 0 Å². The van der Waals surface area contributed by atoms with Crippen LogP contribution in [0.5, 0.6) is 0 Å². The molecule has 1 unspecified atom stereocenters. The number of aromatic nitrogens is 1. The maximum atomic E-state index is 14.1. The summed E-state index contributed by atoms with van der Waals surface area (Å²) in [5, 5.41) is 1.05. The summed E-state index contributed by atoms with van der Waals surface area (Å²) in [6, 6.07) is 14.9. The fraction of sp³-hybridized carbons (Fsp3) is 0.625. The van der Waals surface area contributed by atoms with Gasteiger partial charge in [-0.3, -0.25) is 19.4 Å². The van der Waals surface area contributed by atoms with Crippen LogP contribution in [0.3, 0.4) is 0 Å². The first kappa shape index (κ1) is 42.6. The Bertz CT molecular complexity index is 1720. The Balaban J connectivity index is 0.00000190. The van der Waals surface area contributed by atoms with E-state index in [1.54, 1.807) is 0 Å². The van der Waals surface area contributed by atoms with Crippen molar-refractivity contribution >= 4 is 34.2 Å². The summed E-state index contributed by atoms with van der Waals surface area (Å²) in [5.74, 6) is 1.68. The molecule has 2 atom stereocenters. The summed E-state index contributed by atoms with van der Waals surface area (Å²) in [4.78, 5) is 52.4. The molecule has 0 bridgehead atoms. The predicted molar refractivity (Wildman–Crippen MR) is 228 cm³/mol. The molecule has 2 fully saturated rings. The number of anilines is 1. The number of pyridine rings is 1. The van der Waals surface area contributed by atoms with Gasteiger partial charge in [0.15, 0.2) is 0 Å². The fourth-order valence-corrected chi connectivity index (χ4v) is 9.89. The number of hydrogen-bond donors (Lipinski definition) is 0. The van der Waals surface area contributed by atoms with Crippen LogP contribution >= 0.6 is 0 Å². The number of fused-ring (bicyclic) bond motifs is 4. The maximum absolute atomic E-state index is 14.1. The van der Waals surface area contributed by atoms with Crippen molar-refractivity contribution in [3.8, 4) is 0 Å². The number of Topliss-reactive ketones (excluding diaryl/α,β-unsaturated/α-hetero) is 1. The second kappa shape index (κ2) is 20.5. The van der Waals surface area contributed by atoms with Crippen molar-refractivity contribution in [1.29, 1.82) is 0 Å². The zero-order valence-corrected chi connectivity index (χ0v) is 33.8. The van der Waals surface area contributed by atoms with E-state index in [2.05, 4.69) is 48.1 Å². The van der Waals surface area contributed by atoms with Gasteiger partial charge in [0.05, 0.1) is 23.8 Å². The molecule has 0 radical (unpaired) electrons. The van der Waals surface area contributed by atoms with Gasteiger partial charge in [-0.25, -0.2) is 0 Å². The third kappa shape index (κ3) is 10.6. The number of amides is 2. The van der Waals surface area contributed by atoms with Gasteiger partial charge in [0, 0.05) is 43.3 Å². The van der Waals surface area contributed by atoms with Gasteiger partial charge in [-0.05, 0) is 131 Å². The number of aryl methyl sites for hydroxylation is 2. The van der Waals surface area contributed by atoms with Crippen molar-refractivity contribution in [2.45, 2.75) is 143 Å². The van der Waals surface area contributed by atoms with Gasteiger partial charge in [0.1, 0.15) is 5.78 Å². The van der Waals surface area contributed by atoms with Crippen molar-refractivity contribution in [3.05, 3.63) is 70.9 Å². The number of likely N-dealkylation sites (tertiary alicyclic amines) is 2. The minimum atomic E-state index is -0.295. The first-order valence-corrected chi connectivity index (χ1v) is 21.6. The van der Waals surface area contributed by atoms with Crippen LogP contribution in [0, 0.1) is 17.8 Å². The average Bonchev–Trinajstić information content (AvgIpc) is 3.55. The molecule has 55 heavy (non-hydrogen) atoms. The van der Waals surface area contributed by atoms with Crippen molar-refractivity contribution in [2.75, 3.05) is 38.1 Å². The Labute approximate surface area is 332 Å². The third-order valence-corrected chi connectivity index (χ3v) is 12.9. The standard InChI is InChI=1S/C45H60N4O3.C2H6.CH4/c1-3-9-32(26-33-18-22-47(2)23-19-33)10-8-15-43(50)37(28-34-16-17-35-11-4-5-12-36(35)27-34)29-44(51)48-24-20-38(21-25-48)49-42-31-46-41-14-7-6-13-39(41)40(42)30-45(49)52;1-2;/h6-7,13-14,16-17,27,31-33,37-38H,3-5,8-12,15,18-26,28-30H2,1-2H3;1-2H3;1H4/t32?,37-;;/m0../s1. The normalized spacial score (nSPS) is 18.9. The highest BCUT2D eigenvalue weighted by atomic mass is 16.2. The second-order valence-corrected chi connectivity index (χ2v) is 16.6. The van der Waals surface area contributed by atoms with Gasteiger partial charge < -0.3 is 14.7 Å². The molecule has 0 N–H and O–H groups in total. The van der Waals surface area contributed by atoms with Crippen LogP contribution in [0.4, 0.5) is 5.69 Å². The second-order valence-electron chi connectivity index (χ2n) is 16.6. The van der Waals surface area contributed by atoms with Gasteiger partial charge in [0.25, 0.3) is 0 Å². The van der Waals surface area contributed by atoms with Crippen molar-refractivity contribution in [1.82, 2.24) is 14.8 Å². The molecule has 7 heteroatoms. The highest BCUT2D eigenvalue weighted by molar-refractivity contribution is 6.06. The lowest BCUT2D eigenvalue weighted by molar-refractivity contribution is -0.136. The Hall–Kier alpha value is -3.58. The molecule has 3 aromatic rings. The van der Waals surface area contributed by atoms with Crippen molar-refractivity contribution in [3.63, 3.8) is 0 Å². The Morgan fingerprint density at radius 2 is 1.64 bits per heavy atom. The smallest absolute Gasteiger partial charge is 0.231 e. The molecule has 1 aromatic heterocycles. The highest BCUT2D eigenvalue weighted by Gasteiger charge is 2.37. The van der Waals surface area contributed by atoms with Crippen molar-refractivity contribution in [2.24, 2.45) is 17.8 Å². The molecular weight excluding hydrogens is 681 g/mol. The quantitative estimate of drug-likeness (QED) is 0.164. The lowest BCUT2D eigenvalue weighted by Crippen LogP contribution is -2.48. The minimum absolute atomic E-state index is 0. The SMILES string of the molecule is C.CC.CCCC(CCCC(=O)[C@H](CC(=O)N1CCC(N2C(=O)Cc3c2cnc2ccccc32)CC1)Cc1ccc2c(c1)CCCC2)CC1CCN(C)CC1. The number of benzene rings is 2. The Morgan fingerprint density at radius 1 is 0.909 bits per heavy atom. The van der Waals surface area contributed by atoms with E-state index in [9.17, 15) is 14.4 Å². The van der Waals surface area contributed by atoms with E-state index >= 15 is 0 Å². The lowest BCUT2D eigenvalue weighted by Gasteiger charge is -2.37. The summed E-state index contributed by atoms with van der Waals surface area (Å²) in [7, 11) is 2.23. The van der Waals surface area contributed by atoms with E-state index in [1.165, 1.54) is 74.7 Å². The van der Waals surface area contributed by atoms with Crippen LogP contribution in [0.25, 0.3) is 10.9 Å². The van der Waals surface area contributed by atoms with E-state index in [-0.39, 0.29) is 43.4 Å². The summed E-state index contributed by atoms with van der Waals surface area (Å²) in [6.07, 6.45) is 18.3. The fourth-order valence-electron chi connectivity index (χ4n) is 9.89. The van der Waals surface area contributed by atoms with Gasteiger partial charge in [-0.1, -0.05) is 83.9 Å². The maximum Gasteiger partial charge on any atom is 0.231 e. The molecule has 2 saturated heterocycles. The monoisotopic (exact) mass is 751 g/mol. The van der Waals surface area contributed by atoms with Crippen LogP contribution in [0.1, 0.15) is 134 Å². The van der Waals surface area contributed by atoms with Crippen LogP contribution < -0.4 is 4.90 Å². The van der Waals surface area contributed by atoms with E-state index < -0.39 is 0 Å². The molecule has 7 nitrogen and oxygen atoms in total. The molecule has 0 saturated carbocycles. The minimum Gasteiger partial charge on any atom is -0.343 e. The average molecular weight is 751 g/mol. The molecular formula is C48H70N4O3. The number of carbonyl (C=O) groups excluding carboxylic acids is 3. The molecule has 2 amide bonds. The van der Waals surface area contributed by atoms with E-state index in [1.807, 2.05) is 48.0 Å². The number of piperidine rings is 2. The van der Waals surface area contributed by atoms with Gasteiger partial charge in [0.2, 0.25) is 11.8 Å². The largest absolute Gasteiger partial charge is 0.343 e. The Kier molecular flexibility index (Phi) is 15.9. The summed E-state index contributed by atoms with van der Waals surface area (Å²) in [5.41, 5.74) is 7.00. The van der Waals surface area contributed by atoms with Crippen molar-refractivity contribution < 1.29 is 14.4 Å². The van der Waals surface area contributed by atoms with E-state index in [0.717, 1.165) is 66.6 Å². The molecule has 4 aliphatic rings. The van der Waals surface area contributed by atoms with Crippen LogP contribution in [-0.4, -0.2) is 71.6 Å². The molecule has 3 aliphatic heterocycles. The topological polar surface area (TPSA) is 73.8 Å². The summed E-state index contributed by atoms with van der Waals surface area (Å²) >= 11 is 0. The summed E-state index contributed by atoms with van der Waals surface area (Å²) < 4.78 is 0. The molecule has 7 rings (SSSR count). The predicted octanol–water partition coefficient (Wildman–Crippen LogP) is 9.79. The van der Waals surface area contributed by atoms with Crippen LogP contribution in [-0.2, 0) is 40.1 Å². The molecule has 4 heterocycles. The molecule has 300 valence electrons. The zero-order chi connectivity index (χ0) is 38.0. The summed E-state index contributed by atoms with van der Waals surface area (Å²) in [6.45, 7) is 9.92. The number of rotatable bonds is 14. The van der Waals surface area contributed by atoms with Gasteiger partial charge >= 0.3 is 0 Å². The number of carbonyl (C=O) groups is 3.